The molecule has 0 saturated carbocycles. The minimum atomic E-state index is -0.922. The summed E-state index contributed by atoms with van der Waals surface area (Å²) in [5.74, 6) is 0.714. The molecule has 0 radical (unpaired) electrons. The van der Waals surface area contributed by atoms with Crippen molar-refractivity contribution < 1.29 is 9.90 Å². The molecule has 1 unspecified atom stereocenters. The van der Waals surface area contributed by atoms with Gasteiger partial charge < -0.3 is 10.4 Å². The second-order valence-electron chi connectivity index (χ2n) is 2.89. The molecule has 0 spiro atoms. The van der Waals surface area contributed by atoms with Crippen LogP contribution in [0.3, 0.4) is 0 Å². The van der Waals surface area contributed by atoms with Crippen LogP contribution in [0.25, 0.3) is 0 Å². The van der Waals surface area contributed by atoms with Crippen molar-refractivity contribution in [3.63, 3.8) is 0 Å². The maximum atomic E-state index is 10.0. The zero-order valence-corrected chi connectivity index (χ0v) is 7.26. The van der Waals surface area contributed by atoms with Crippen LogP contribution in [-0.2, 0) is 0 Å². The van der Waals surface area contributed by atoms with Crippen LogP contribution in [0.15, 0.2) is 0 Å². The number of rotatable bonds is 5. The van der Waals surface area contributed by atoms with E-state index in [0.29, 0.717) is 12.5 Å². The van der Waals surface area contributed by atoms with Gasteiger partial charge in [0.25, 0.3) is 0 Å². The van der Waals surface area contributed by atoms with Crippen molar-refractivity contribution in [2.24, 2.45) is 5.92 Å². The van der Waals surface area contributed by atoms with E-state index in [9.17, 15) is 4.79 Å². The highest BCUT2D eigenvalue weighted by molar-refractivity contribution is 5.64. The van der Waals surface area contributed by atoms with Gasteiger partial charge >= 0.3 is 6.09 Å². The largest absolute Gasteiger partial charge is 0.465 e. The first-order chi connectivity index (χ1) is 5.16. The number of nitrogens with one attached hydrogen (secondary N) is 1. The molecular weight excluding hydrogens is 142 g/mol. The quantitative estimate of drug-likeness (QED) is 0.603. The van der Waals surface area contributed by atoms with Crippen LogP contribution in [0, 0.1) is 5.92 Å². The molecule has 11 heavy (non-hydrogen) atoms. The minimum absolute atomic E-state index is 0.583. The molecule has 3 nitrogen and oxygen atoms in total. The van der Waals surface area contributed by atoms with Crippen molar-refractivity contribution in [1.82, 2.24) is 5.32 Å². The Morgan fingerprint density at radius 1 is 1.64 bits per heavy atom. The Labute approximate surface area is 67.8 Å². The molecule has 3 heteroatoms. The van der Waals surface area contributed by atoms with Crippen molar-refractivity contribution in [3.05, 3.63) is 0 Å². The number of carbonyl (C=O) groups is 1. The highest BCUT2D eigenvalue weighted by atomic mass is 16.4. The maximum absolute atomic E-state index is 10.0. The summed E-state index contributed by atoms with van der Waals surface area (Å²) in [5, 5.41) is 10.6. The fourth-order valence-corrected chi connectivity index (χ4v) is 0.850. The average molecular weight is 159 g/mol. The smallest absolute Gasteiger partial charge is 0.404 e. The third kappa shape index (κ3) is 7.16. The lowest BCUT2D eigenvalue weighted by atomic mass is 10.0. The first kappa shape index (κ1) is 10.3. The van der Waals surface area contributed by atoms with E-state index in [2.05, 4.69) is 19.2 Å². The standard InChI is InChI=1S/C8H17NO2/c1-3-7(2)5-4-6-9-8(10)11/h7,9H,3-6H2,1-2H3,(H,10,11). The summed E-state index contributed by atoms with van der Waals surface area (Å²) in [6, 6.07) is 0. The normalized spacial score (nSPS) is 12.5. The van der Waals surface area contributed by atoms with Gasteiger partial charge in [-0.15, -0.1) is 0 Å². The van der Waals surface area contributed by atoms with Crippen molar-refractivity contribution in [2.45, 2.75) is 33.1 Å². The maximum Gasteiger partial charge on any atom is 0.404 e. The average Bonchev–Trinajstić information content (AvgIpc) is 1.97. The third-order valence-electron chi connectivity index (χ3n) is 1.85. The van der Waals surface area contributed by atoms with Gasteiger partial charge in [0.2, 0.25) is 0 Å². The topological polar surface area (TPSA) is 49.3 Å². The lowest BCUT2D eigenvalue weighted by Gasteiger charge is -2.06. The second kappa shape index (κ2) is 6.01. The van der Waals surface area contributed by atoms with E-state index in [1.165, 1.54) is 6.42 Å². The zero-order valence-electron chi connectivity index (χ0n) is 7.26. The fraction of sp³-hybridized carbons (Fsp3) is 0.875. The molecule has 0 aromatic rings. The SMILES string of the molecule is CCC(C)CCCNC(=O)O. The predicted molar refractivity (Wildman–Crippen MR) is 44.7 cm³/mol. The van der Waals surface area contributed by atoms with Gasteiger partial charge in [-0.25, -0.2) is 4.79 Å². The Bertz CT molecular complexity index is 115. The minimum Gasteiger partial charge on any atom is -0.465 e. The summed E-state index contributed by atoms with van der Waals surface area (Å²) in [4.78, 5) is 10.0. The van der Waals surface area contributed by atoms with E-state index in [-0.39, 0.29) is 0 Å². The molecule has 66 valence electrons. The first-order valence-electron chi connectivity index (χ1n) is 4.13. The van der Waals surface area contributed by atoms with Gasteiger partial charge in [-0.05, 0) is 18.8 Å². The van der Waals surface area contributed by atoms with Gasteiger partial charge in [0.05, 0.1) is 0 Å². The molecule has 0 aromatic carbocycles. The molecule has 0 saturated heterocycles. The molecule has 0 aliphatic rings. The van der Waals surface area contributed by atoms with Gasteiger partial charge in [0, 0.05) is 6.54 Å². The molecule has 0 bridgehead atoms. The van der Waals surface area contributed by atoms with Crippen LogP contribution in [0.5, 0.6) is 0 Å². The summed E-state index contributed by atoms with van der Waals surface area (Å²) in [7, 11) is 0. The van der Waals surface area contributed by atoms with E-state index < -0.39 is 6.09 Å². The van der Waals surface area contributed by atoms with E-state index in [4.69, 9.17) is 5.11 Å². The van der Waals surface area contributed by atoms with Crippen LogP contribution < -0.4 is 5.32 Å². The zero-order chi connectivity index (χ0) is 8.69. The number of amides is 1. The van der Waals surface area contributed by atoms with Gasteiger partial charge in [0.1, 0.15) is 0 Å². The Morgan fingerprint density at radius 3 is 2.73 bits per heavy atom. The highest BCUT2D eigenvalue weighted by Crippen LogP contribution is 2.07. The van der Waals surface area contributed by atoms with Crippen LogP contribution in [0.2, 0.25) is 0 Å². The molecule has 0 aliphatic heterocycles. The van der Waals surface area contributed by atoms with Gasteiger partial charge in [0.15, 0.2) is 0 Å². The first-order valence-corrected chi connectivity index (χ1v) is 4.13. The Kier molecular flexibility index (Phi) is 5.61. The van der Waals surface area contributed by atoms with Crippen LogP contribution in [-0.4, -0.2) is 17.7 Å². The Hall–Kier alpha value is -0.730. The third-order valence-corrected chi connectivity index (χ3v) is 1.85. The second-order valence-corrected chi connectivity index (χ2v) is 2.89. The van der Waals surface area contributed by atoms with Gasteiger partial charge in [-0.2, -0.15) is 0 Å². The monoisotopic (exact) mass is 159 g/mol. The molecule has 1 atom stereocenters. The molecule has 0 heterocycles. The molecule has 0 rings (SSSR count). The molecule has 0 aromatic heterocycles. The number of hydrogen-bond donors (Lipinski definition) is 2. The molecule has 0 aliphatic carbocycles. The van der Waals surface area contributed by atoms with E-state index in [0.717, 1.165) is 12.8 Å². The molecule has 0 fully saturated rings. The number of carboxylic acid groups (broad SMARTS) is 1. The summed E-state index contributed by atoms with van der Waals surface area (Å²) in [6.45, 7) is 4.91. The van der Waals surface area contributed by atoms with Crippen LogP contribution >= 0.6 is 0 Å². The van der Waals surface area contributed by atoms with Crippen molar-refractivity contribution in [2.75, 3.05) is 6.54 Å². The lowest BCUT2D eigenvalue weighted by molar-refractivity contribution is 0.194. The van der Waals surface area contributed by atoms with Gasteiger partial charge in [-0.3, -0.25) is 0 Å². The van der Waals surface area contributed by atoms with Crippen molar-refractivity contribution in [1.29, 1.82) is 0 Å². The molecule has 1 amide bonds. The highest BCUT2D eigenvalue weighted by Gasteiger charge is 1.98. The Balaban J connectivity index is 3.08. The summed E-state index contributed by atoms with van der Waals surface area (Å²) in [6.07, 6.45) is 2.31. The van der Waals surface area contributed by atoms with Crippen LogP contribution in [0.1, 0.15) is 33.1 Å². The Morgan fingerprint density at radius 2 is 2.27 bits per heavy atom. The fourth-order valence-electron chi connectivity index (χ4n) is 0.850. The molecular formula is C8H17NO2. The van der Waals surface area contributed by atoms with Crippen molar-refractivity contribution in [3.8, 4) is 0 Å². The van der Waals surface area contributed by atoms with E-state index in [1.807, 2.05) is 0 Å². The van der Waals surface area contributed by atoms with E-state index >= 15 is 0 Å². The summed E-state index contributed by atoms with van der Waals surface area (Å²) >= 11 is 0. The van der Waals surface area contributed by atoms with Crippen molar-refractivity contribution >= 4 is 6.09 Å². The van der Waals surface area contributed by atoms with E-state index in [1.54, 1.807) is 0 Å². The molecule has 2 N–H and O–H groups in total. The lowest BCUT2D eigenvalue weighted by Crippen LogP contribution is -2.22. The van der Waals surface area contributed by atoms with Gasteiger partial charge in [-0.1, -0.05) is 20.3 Å². The summed E-state index contributed by atoms with van der Waals surface area (Å²) < 4.78 is 0. The summed E-state index contributed by atoms with van der Waals surface area (Å²) in [5.41, 5.74) is 0. The predicted octanol–water partition coefficient (Wildman–Crippen LogP) is 2.08. The van der Waals surface area contributed by atoms with Crippen LogP contribution in [0.4, 0.5) is 4.79 Å². The number of hydrogen-bond acceptors (Lipinski definition) is 1.